The lowest BCUT2D eigenvalue weighted by Gasteiger charge is -2.16. The van der Waals surface area contributed by atoms with Gasteiger partial charge in [-0.15, -0.1) is 0 Å². The summed E-state index contributed by atoms with van der Waals surface area (Å²) >= 11 is 0. The number of amides is 1. The van der Waals surface area contributed by atoms with Crippen molar-refractivity contribution >= 4 is 5.91 Å². The standard InChI is InChI=1S/C14H17NO5/c1-17-14-12-11(18-8-19-12)10(20-14)7-15-13(16)9-5-3-2-4-6-9/h2-6,10-12,14H,7-8H2,1H3,(H,15,16)/t10-,11-,12-,14-/m1/s1. The number of hydrogen-bond donors (Lipinski definition) is 1. The number of nitrogens with one attached hydrogen (secondary N) is 1. The van der Waals surface area contributed by atoms with E-state index >= 15 is 0 Å². The van der Waals surface area contributed by atoms with Crippen LogP contribution in [-0.4, -0.2) is 51.0 Å². The highest BCUT2D eigenvalue weighted by atomic mass is 16.8. The van der Waals surface area contributed by atoms with E-state index < -0.39 is 6.29 Å². The molecule has 2 saturated heterocycles. The second kappa shape index (κ2) is 5.88. The van der Waals surface area contributed by atoms with Gasteiger partial charge in [0.25, 0.3) is 5.91 Å². The Kier molecular flexibility index (Phi) is 3.98. The molecular formula is C14H17NO5. The fourth-order valence-corrected chi connectivity index (χ4v) is 2.50. The minimum Gasteiger partial charge on any atom is -0.353 e. The van der Waals surface area contributed by atoms with Crippen molar-refractivity contribution in [3.63, 3.8) is 0 Å². The van der Waals surface area contributed by atoms with Crippen molar-refractivity contribution in [2.75, 3.05) is 20.4 Å². The summed E-state index contributed by atoms with van der Waals surface area (Å²) in [5, 5.41) is 2.84. The van der Waals surface area contributed by atoms with Crippen molar-refractivity contribution in [2.45, 2.75) is 24.6 Å². The van der Waals surface area contributed by atoms with E-state index in [-0.39, 0.29) is 31.0 Å². The molecule has 0 radical (unpaired) electrons. The Morgan fingerprint density at radius 1 is 1.30 bits per heavy atom. The van der Waals surface area contributed by atoms with Crippen LogP contribution in [0.4, 0.5) is 0 Å². The molecule has 1 aromatic rings. The molecule has 1 amide bonds. The van der Waals surface area contributed by atoms with Gasteiger partial charge in [-0.3, -0.25) is 4.79 Å². The van der Waals surface area contributed by atoms with Crippen LogP contribution in [0.3, 0.4) is 0 Å². The second-order valence-electron chi connectivity index (χ2n) is 4.74. The van der Waals surface area contributed by atoms with Gasteiger partial charge < -0.3 is 24.3 Å². The van der Waals surface area contributed by atoms with Crippen LogP contribution >= 0.6 is 0 Å². The van der Waals surface area contributed by atoms with E-state index in [1.165, 1.54) is 0 Å². The quantitative estimate of drug-likeness (QED) is 0.871. The van der Waals surface area contributed by atoms with Gasteiger partial charge in [0.15, 0.2) is 6.29 Å². The average molecular weight is 279 g/mol. The molecular weight excluding hydrogens is 262 g/mol. The highest BCUT2D eigenvalue weighted by molar-refractivity contribution is 5.94. The van der Waals surface area contributed by atoms with Gasteiger partial charge in [-0.25, -0.2) is 0 Å². The number of ether oxygens (including phenoxy) is 4. The molecule has 4 atom stereocenters. The maximum atomic E-state index is 12.0. The third-order valence-electron chi connectivity index (χ3n) is 3.52. The van der Waals surface area contributed by atoms with Crippen molar-refractivity contribution < 1.29 is 23.7 Å². The van der Waals surface area contributed by atoms with Crippen molar-refractivity contribution in [1.82, 2.24) is 5.32 Å². The topological polar surface area (TPSA) is 66.0 Å². The molecule has 0 unspecified atom stereocenters. The predicted octanol–water partition coefficient (Wildman–Crippen LogP) is 0.529. The van der Waals surface area contributed by atoms with E-state index in [1.807, 2.05) is 18.2 Å². The monoisotopic (exact) mass is 279 g/mol. The molecule has 0 aromatic heterocycles. The fourth-order valence-electron chi connectivity index (χ4n) is 2.50. The number of fused-ring (bicyclic) bond motifs is 1. The number of methoxy groups -OCH3 is 1. The summed E-state index contributed by atoms with van der Waals surface area (Å²) < 4.78 is 21.8. The van der Waals surface area contributed by atoms with Crippen LogP contribution in [0.15, 0.2) is 30.3 Å². The van der Waals surface area contributed by atoms with Crippen LogP contribution in [0.5, 0.6) is 0 Å². The van der Waals surface area contributed by atoms with Gasteiger partial charge in [0.1, 0.15) is 25.1 Å². The Hall–Kier alpha value is -1.47. The van der Waals surface area contributed by atoms with Crippen molar-refractivity contribution in [3.8, 4) is 0 Å². The summed E-state index contributed by atoms with van der Waals surface area (Å²) in [6.07, 6.45) is -1.13. The van der Waals surface area contributed by atoms with E-state index in [2.05, 4.69) is 5.32 Å². The molecule has 108 valence electrons. The first-order chi connectivity index (χ1) is 9.79. The second-order valence-corrected chi connectivity index (χ2v) is 4.74. The molecule has 0 aliphatic carbocycles. The number of benzene rings is 1. The van der Waals surface area contributed by atoms with Gasteiger partial charge in [0.05, 0.1) is 0 Å². The van der Waals surface area contributed by atoms with Crippen LogP contribution in [-0.2, 0) is 18.9 Å². The van der Waals surface area contributed by atoms with Gasteiger partial charge in [-0.05, 0) is 12.1 Å². The number of carbonyl (C=O) groups excluding carboxylic acids is 1. The molecule has 1 aromatic carbocycles. The zero-order valence-corrected chi connectivity index (χ0v) is 11.2. The highest BCUT2D eigenvalue weighted by Gasteiger charge is 2.49. The molecule has 6 heteroatoms. The molecule has 6 nitrogen and oxygen atoms in total. The highest BCUT2D eigenvalue weighted by Crippen LogP contribution is 2.30. The number of rotatable bonds is 4. The Morgan fingerprint density at radius 3 is 2.80 bits per heavy atom. The minimum absolute atomic E-state index is 0.134. The fraction of sp³-hybridized carbons (Fsp3) is 0.500. The Balaban J connectivity index is 1.57. The number of carbonyl (C=O) groups is 1. The predicted molar refractivity (Wildman–Crippen MR) is 69.1 cm³/mol. The van der Waals surface area contributed by atoms with Crippen LogP contribution in [0.2, 0.25) is 0 Å². The molecule has 0 spiro atoms. The van der Waals surface area contributed by atoms with E-state index in [4.69, 9.17) is 18.9 Å². The normalized spacial score (nSPS) is 32.0. The summed E-state index contributed by atoms with van der Waals surface area (Å²) in [6, 6.07) is 9.05. The minimum atomic E-state index is -0.443. The van der Waals surface area contributed by atoms with Gasteiger partial charge >= 0.3 is 0 Å². The molecule has 2 aliphatic heterocycles. The van der Waals surface area contributed by atoms with E-state index in [9.17, 15) is 4.79 Å². The zero-order valence-electron chi connectivity index (χ0n) is 11.2. The smallest absolute Gasteiger partial charge is 0.251 e. The van der Waals surface area contributed by atoms with Crippen molar-refractivity contribution in [2.24, 2.45) is 0 Å². The van der Waals surface area contributed by atoms with E-state index in [1.54, 1.807) is 19.2 Å². The van der Waals surface area contributed by atoms with E-state index in [0.29, 0.717) is 12.1 Å². The van der Waals surface area contributed by atoms with Crippen LogP contribution < -0.4 is 5.32 Å². The van der Waals surface area contributed by atoms with Gasteiger partial charge in [0, 0.05) is 19.2 Å². The van der Waals surface area contributed by atoms with Crippen LogP contribution in [0, 0.1) is 0 Å². The van der Waals surface area contributed by atoms with Gasteiger partial charge in [-0.2, -0.15) is 0 Å². The van der Waals surface area contributed by atoms with Gasteiger partial charge in [0.2, 0.25) is 0 Å². The largest absolute Gasteiger partial charge is 0.353 e. The Morgan fingerprint density at radius 2 is 2.05 bits per heavy atom. The first-order valence-corrected chi connectivity index (χ1v) is 6.54. The maximum absolute atomic E-state index is 12.0. The van der Waals surface area contributed by atoms with Gasteiger partial charge in [-0.1, -0.05) is 18.2 Å². The molecule has 3 rings (SSSR count). The molecule has 20 heavy (non-hydrogen) atoms. The molecule has 0 saturated carbocycles. The average Bonchev–Trinajstić information content (AvgIpc) is 3.08. The van der Waals surface area contributed by atoms with E-state index in [0.717, 1.165) is 0 Å². The van der Waals surface area contributed by atoms with Crippen LogP contribution in [0.1, 0.15) is 10.4 Å². The summed E-state index contributed by atoms with van der Waals surface area (Å²) in [7, 11) is 1.56. The molecule has 2 fully saturated rings. The lowest BCUT2D eigenvalue weighted by Crippen LogP contribution is -2.39. The summed E-state index contributed by atoms with van der Waals surface area (Å²) in [5.41, 5.74) is 0.619. The SMILES string of the molecule is CO[C@@H]1O[C@H](CNC(=O)c2ccccc2)[C@H]2OCO[C@@H]12. The molecule has 2 aliphatic rings. The third-order valence-corrected chi connectivity index (χ3v) is 3.52. The Bertz CT molecular complexity index is 466. The zero-order chi connectivity index (χ0) is 13.9. The van der Waals surface area contributed by atoms with Crippen molar-refractivity contribution in [1.29, 1.82) is 0 Å². The molecule has 1 N–H and O–H groups in total. The summed E-state index contributed by atoms with van der Waals surface area (Å²) in [4.78, 5) is 12.0. The summed E-state index contributed by atoms with van der Waals surface area (Å²) in [6.45, 7) is 0.597. The van der Waals surface area contributed by atoms with Crippen molar-refractivity contribution in [3.05, 3.63) is 35.9 Å². The summed E-state index contributed by atoms with van der Waals surface area (Å²) in [5.74, 6) is -0.134. The molecule has 0 bridgehead atoms. The number of hydrogen-bond acceptors (Lipinski definition) is 5. The first kappa shape index (κ1) is 13.5. The maximum Gasteiger partial charge on any atom is 0.251 e. The Labute approximate surface area is 117 Å². The third kappa shape index (κ3) is 2.55. The first-order valence-electron chi connectivity index (χ1n) is 6.54. The lowest BCUT2D eigenvalue weighted by atomic mass is 10.1. The van der Waals surface area contributed by atoms with Crippen LogP contribution in [0.25, 0.3) is 0 Å². The lowest BCUT2D eigenvalue weighted by molar-refractivity contribution is -0.170. The molecule has 2 heterocycles.